The van der Waals surface area contributed by atoms with Gasteiger partial charge >= 0.3 is 18.0 Å². The van der Waals surface area contributed by atoms with Crippen molar-refractivity contribution >= 4 is 0 Å². The lowest BCUT2D eigenvalue weighted by molar-refractivity contribution is -0.373. The second-order valence-corrected chi connectivity index (χ2v) is 5.15. The molecule has 1 nitrogen and oxygen atoms in total. The molecule has 0 spiro atoms. The molecule has 0 aromatic carbocycles. The third-order valence-corrected chi connectivity index (χ3v) is 3.95. The molecule has 18 heavy (non-hydrogen) atoms. The summed E-state index contributed by atoms with van der Waals surface area (Å²) < 4.78 is 75.4. The fraction of sp³-hybridized carbons (Fsp3) is 0.818. The highest BCUT2D eigenvalue weighted by molar-refractivity contribution is 5.12. The highest BCUT2D eigenvalue weighted by atomic mass is 19.4. The van der Waals surface area contributed by atoms with Crippen LogP contribution in [0.3, 0.4) is 0 Å². The van der Waals surface area contributed by atoms with Crippen LogP contribution < -0.4 is 0 Å². The van der Waals surface area contributed by atoms with E-state index >= 15 is 0 Å². The number of alkyl halides is 6. The van der Waals surface area contributed by atoms with E-state index in [0.29, 0.717) is 12.8 Å². The van der Waals surface area contributed by atoms with Crippen molar-refractivity contribution in [1.29, 1.82) is 0 Å². The maximum atomic E-state index is 12.6. The zero-order valence-corrected chi connectivity index (χ0v) is 9.28. The molecule has 7 heteroatoms. The van der Waals surface area contributed by atoms with Gasteiger partial charge in [-0.1, -0.05) is 12.2 Å². The van der Waals surface area contributed by atoms with Gasteiger partial charge in [-0.3, -0.25) is 0 Å². The average Bonchev–Trinajstić information content (AvgIpc) is 2.75. The number of rotatable bonds is 2. The van der Waals surface area contributed by atoms with Crippen molar-refractivity contribution in [3.63, 3.8) is 0 Å². The van der Waals surface area contributed by atoms with Gasteiger partial charge in [0, 0.05) is 6.42 Å². The molecule has 0 amide bonds. The third kappa shape index (κ3) is 2.02. The molecule has 3 unspecified atom stereocenters. The molecule has 0 radical (unpaired) electrons. The highest BCUT2D eigenvalue weighted by Crippen LogP contribution is 2.53. The predicted octanol–water partition coefficient (Wildman–Crippen LogP) is 3.18. The molecule has 2 aliphatic rings. The van der Waals surface area contributed by atoms with Crippen molar-refractivity contribution in [3.05, 3.63) is 12.2 Å². The minimum absolute atomic E-state index is 0.0886. The van der Waals surface area contributed by atoms with Crippen LogP contribution in [0.1, 0.15) is 19.3 Å². The van der Waals surface area contributed by atoms with Crippen LogP contribution >= 0.6 is 0 Å². The molecular weight excluding hydrogens is 262 g/mol. The Hall–Kier alpha value is -0.720. The molecule has 1 saturated carbocycles. The number of allylic oxidation sites excluding steroid dienone is 2. The first kappa shape index (κ1) is 13.7. The van der Waals surface area contributed by atoms with E-state index in [9.17, 15) is 26.3 Å². The van der Waals surface area contributed by atoms with Crippen molar-refractivity contribution in [2.45, 2.75) is 37.2 Å². The molecule has 104 valence electrons. The van der Waals surface area contributed by atoms with Gasteiger partial charge in [0.1, 0.15) is 0 Å². The van der Waals surface area contributed by atoms with Crippen LogP contribution in [0.4, 0.5) is 26.3 Å². The van der Waals surface area contributed by atoms with E-state index in [4.69, 9.17) is 5.11 Å². The standard InChI is InChI=1S/C11H12F6O/c12-10(13,14)9(18,11(15,16)17)5-8-4-6-1-2-7(8)3-6/h1-2,6-8,18H,3-5H2/p+1. The summed E-state index contributed by atoms with van der Waals surface area (Å²) in [5.41, 5.74) is -4.34. The van der Waals surface area contributed by atoms with Crippen LogP contribution in [0.15, 0.2) is 12.2 Å². The zero-order chi connectivity index (χ0) is 13.8. The quantitative estimate of drug-likeness (QED) is 0.420. The second-order valence-electron chi connectivity index (χ2n) is 5.15. The molecule has 2 bridgehead atoms. The van der Waals surface area contributed by atoms with Gasteiger partial charge in [-0.15, -0.1) is 0 Å². The first-order valence-corrected chi connectivity index (χ1v) is 5.61. The highest BCUT2D eigenvalue weighted by Gasteiger charge is 2.76. The fourth-order valence-electron chi connectivity index (χ4n) is 2.91. The summed E-state index contributed by atoms with van der Waals surface area (Å²) in [6, 6.07) is 0. The number of hydrogen-bond acceptors (Lipinski definition) is 0. The molecule has 0 aromatic heterocycles. The van der Waals surface area contributed by atoms with Crippen LogP contribution in [0.5, 0.6) is 0 Å². The molecule has 2 N–H and O–H groups in total. The van der Waals surface area contributed by atoms with Crippen LogP contribution in [-0.2, 0) is 0 Å². The summed E-state index contributed by atoms with van der Waals surface area (Å²) in [5.74, 6) is -0.837. The Bertz CT molecular complexity index is 342. The van der Waals surface area contributed by atoms with Gasteiger partial charge in [-0.05, 0) is 30.6 Å². The Balaban J connectivity index is 2.19. The summed E-state index contributed by atoms with van der Waals surface area (Å²) in [4.78, 5) is 0. The summed E-state index contributed by atoms with van der Waals surface area (Å²) in [6.07, 6.45) is -7.89. The van der Waals surface area contributed by atoms with E-state index in [2.05, 4.69) is 0 Å². The van der Waals surface area contributed by atoms with Gasteiger partial charge in [0.15, 0.2) is 0 Å². The largest absolute Gasteiger partial charge is 0.475 e. The molecule has 0 aromatic rings. The Morgan fingerprint density at radius 1 is 0.944 bits per heavy atom. The van der Waals surface area contributed by atoms with Gasteiger partial charge < -0.3 is 5.11 Å². The summed E-state index contributed by atoms with van der Waals surface area (Å²) in [7, 11) is 0. The lowest BCUT2D eigenvalue weighted by Gasteiger charge is -2.31. The SMILES string of the molecule is [OH2+]C(CC1CC2C=CC1C2)(C(F)(F)F)C(F)(F)F. The molecule has 0 aliphatic heterocycles. The van der Waals surface area contributed by atoms with E-state index in [-0.39, 0.29) is 11.8 Å². The fourth-order valence-corrected chi connectivity index (χ4v) is 2.91. The first-order valence-electron chi connectivity index (χ1n) is 5.61. The molecule has 2 rings (SSSR count). The normalized spacial score (nSPS) is 32.3. The predicted molar refractivity (Wildman–Crippen MR) is 51.9 cm³/mol. The Kier molecular flexibility index (Phi) is 2.96. The Morgan fingerprint density at radius 3 is 1.83 bits per heavy atom. The minimum Gasteiger partial charge on any atom is -0.427 e. The average molecular weight is 275 g/mol. The summed E-state index contributed by atoms with van der Waals surface area (Å²) >= 11 is 0. The molecule has 1 fully saturated rings. The van der Waals surface area contributed by atoms with Crippen LogP contribution in [0.25, 0.3) is 0 Å². The van der Waals surface area contributed by atoms with E-state index in [1.165, 1.54) is 0 Å². The van der Waals surface area contributed by atoms with E-state index < -0.39 is 30.3 Å². The minimum atomic E-state index is -5.59. The maximum absolute atomic E-state index is 12.6. The Labute approximate surface area is 99.5 Å². The maximum Gasteiger partial charge on any atom is 0.475 e. The van der Waals surface area contributed by atoms with E-state index in [1.807, 2.05) is 6.08 Å². The summed E-state index contributed by atoms with van der Waals surface area (Å²) in [6.45, 7) is 0. The number of fused-ring (bicyclic) bond motifs is 2. The Morgan fingerprint density at radius 2 is 1.50 bits per heavy atom. The summed E-state index contributed by atoms with van der Waals surface area (Å²) in [5, 5.41) is 6.89. The van der Waals surface area contributed by atoms with E-state index in [0.717, 1.165) is 0 Å². The smallest absolute Gasteiger partial charge is 0.427 e. The molecular formula is C11H13F6O+. The molecule has 0 heterocycles. The van der Waals surface area contributed by atoms with Crippen molar-refractivity contribution in [2.24, 2.45) is 17.8 Å². The number of halogens is 6. The monoisotopic (exact) mass is 275 g/mol. The van der Waals surface area contributed by atoms with Gasteiger partial charge in [-0.25, -0.2) is 0 Å². The van der Waals surface area contributed by atoms with Gasteiger partial charge in [-0.2, -0.15) is 26.3 Å². The molecule has 3 atom stereocenters. The van der Waals surface area contributed by atoms with Crippen LogP contribution in [-0.4, -0.2) is 23.1 Å². The first-order chi connectivity index (χ1) is 8.04. The van der Waals surface area contributed by atoms with Gasteiger partial charge in [0.05, 0.1) is 0 Å². The van der Waals surface area contributed by atoms with Crippen LogP contribution in [0, 0.1) is 17.8 Å². The third-order valence-electron chi connectivity index (χ3n) is 3.95. The van der Waals surface area contributed by atoms with Crippen LogP contribution in [0.2, 0.25) is 0 Å². The van der Waals surface area contributed by atoms with Crippen molar-refractivity contribution in [2.75, 3.05) is 0 Å². The zero-order valence-electron chi connectivity index (χ0n) is 9.28. The molecule has 2 aliphatic carbocycles. The number of hydrogen-bond donors (Lipinski definition) is 0. The van der Waals surface area contributed by atoms with Crippen molar-refractivity contribution < 1.29 is 31.4 Å². The van der Waals surface area contributed by atoms with Crippen molar-refractivity contribution in [3.8, 4) is 0 Å². The molecule has 0 saturated heterocycles. The van der Waals surface area contributed by atoms with Crippen molar-refractivity contribution in [1.82, 2.24) is 0 Å². The lowest BCUT2D eigenvalue weighted by atomic mass is 9.82. The second kappa shape index (κ2) is 3.88. The van der Waals surface area contributed by atoms with Gasteiger partial charge in [0.2, 0.25) is 0 Å². The van der Waals surface area contributed by atoms with Gasteiger partial charge in [0.25, 0.3) is 0 Å². The topological polar surface area (TPSA) is 22.9 Å². The van der Waals surface area contributed by atoms with E-state index in [1.54, 1.807) is 6.08 Å². The lowest BCUT2D eigenvalue weighted by Crippen LogP contribution is -2.58.